The van der Waals surface area contributed by atoms with Crippen LogP contribution in [0.15, 0.2) is 59.1 Å². The highest BCUT2D eigenvalue weighted by Gasteiger charge is 2.33. The van der Waals surface area contributed by atoms with Gasteiger partial charge in [-0.15, -0.1) is 0 Å². The van der Waals surface area contributed by atoms with E-state index in [1.807, 2.05) is 55.5 Å². The number of nitrogens with zero attached hydrogens (tertiary/aromatic N) is 2. The number of benzene rings is 2. The Balaban J connectivity index is 1.96. The number of carbonyl (C=O) groups is 2. The second kappa shape index (κ2) is 8.11. The van der Waals surface area contributed by atoms with Crippen LogP contribution in [0.25, 0.3) is 0 Å². The molecule has 2 aromatic carbocycles. The smallest absolute Gasteiger partial charge is 0.269 e. The monoisotopic (exact) mass is 377 g/mol. The van der Waals surface area contributed by atoms with Gasteiger partial charge >= 0.3 is 0 Å². The summed E-state index contributed by atoms with van der Waals surface area (Å²) in [4.78, 5) is 26.6. The van der Waals surface area contributed by atoms with E-state index in [1.54, 1.807) is 6.07 Å². The van der Waals surface area contributed by atoms with Gasteiger partial charge in [0.05, 0.1) is 5.75 Å². The normalized spacial score (nSPS) is 15.4. The average Bonchev–Trinajstić information content (AvgIpc) is 3.05. The highest BCUT2D eigenvalue weighted by molar-refractivity contribution is 8.04. The molecule has 1 aliphatic heterocycles. The SMILES string of the molecule is CCc1ccc(N2C(=O)CS/C2=C(/C#N)C(=O)Nc2ccccc2C)cc1. The van der Waals surface area contributed by atoms with Crippen LogP contribution < -0.4 is 10.2 Å². The molecule has 1 aliphatic rings. The minimum atomic E-state index is -0.515. The van der Waals surface area contributed by atoms with Crippen LogP contribution in [0.5, 0.6) is 0 Å². The zero-order chi connectivity index (χ0) is 19.4. The Morgan fingerprint density at radius 1 is 1.22 bits per heavy atom. The summed E-state index contributed by atoms with van der Waals surface area (Å²) in [6.45, 7) is 3.94. The van der Waals surface area contributed by atoms with Crippen molar-refractivity contribution in [3.05, 3.63) is 70.3 Å². The maximum Gasteiger partial charge on any atom is 0.269 e. The average molecular weight is 377 g/mol. The third-order valence-electron chi connectivity index (χ3n) is 4.33. The number of rotatable bonds is 4. The summed E-state index contributed by atoms with van der Waals surface area (Å²) in [5.41, 5.74) is 3.29. The number of anilines is 2. The van der Waals surface area contributed by atoms with Crippen LogP contribution in [0.1, 0.15) is 18.1 Å². The van der Waals surface area contributed by atoms with Crippen LogP contribution >= 0.6 is 11.8 Å². The first kappa shape index (κ1) is 18.7. The van der Waals surface area contributed by atoms with Gasteiger partial charge in [0.25, 0.3) is 5.91 Å². The number of para-hydroxylation sites is 1. The van der Waals surface area contributed by atoms with E-state index >= 15 is 0 Å². The summed E-state index contributed by atoms with van der Waals surface area (Å²) in [6, 6.07) is 16.9. The molecule has 3 rings (SSSR count). The van der Waals surface area contributed by atoms with E-state index in [2.05, 4.69) is 12.2 Å². The molecular weight excluding hydrogens is 358 g/mol. The van der Waals surface area contributed by atoms with E-state index in [1.165, 1.54) is 16.7 Å². The Bertz CT molecular complexity index is 958. The minimum Gasteiger partial charge on any atom is -0.321 e. The Labute approximate surface area is 162 Å². The number of hydrogen-bond acceptors (Lipinski definition) is 4. The number of aryl methyl sites for hydroxylation is 2. The lowest BCUT2D eigenvalue weighted by atomic mass is 10.1. The Hall–Kier alpha value is -3.04. The van der Waals surface area contributed by atoms with Gasteiger partial charge in [0.15, 0.2) is 0 Å². The first-order chi connectivity index (χ1) is 13.0. The second-order valence-electron chi connectivity index (χ2n) is 6.10. The summed E-state index contributed by atoms with van der Waals surface area (Å²) in [7, 11) is 0. The molecule has 1 fully saturated rings. The summed E-state index contributed by atoms with van der Waals surface area (Å²) in [6.07, 6.45) is 0.897. The number of thioether (sulfide) groups is 1. The van der Waals surface area contributed by atoms with E-state index in [9.17, 15) is 14.9 Å². The molecule has 6 heteroatoms. The molecule has 0 aromatic heterocycles. The van der Waals surface area contributed by atoms with Crippen molar-refractivity contribution < 1.29 is 9.59 Å². The molecule has 0 radical (unpaired) electrons. The molecule has 0 bridgehead atoms. The van der Waals surface area contributed by atoms with Crippen LogP contribution in [-0.2, 0) is 16.0 Å². The van der Waals surface area contributed by atoms with Crippen molar-refractivity contribution in [3.8, 4) is 6.07 Å². The van der Waals surface area contributed by atoms with Crippen molar-refractivity contribution in [2.45, 2.75) is 20.3 Å². The van der Waals surface area contributed by atoms with Crippen molar-refractivity contribution in [3.63, 3.8) is 0 Å². The molecule has 1 heterocycles. The van der Waals surface area contributed by atoms with E-state index in [0.29, 0.717) is 16.4 Å². The van der Waals surface area contributed by atoms with E-state index in [-0.39, 0.29) is 17.2 Å². The van der Waals surface area contributed by atoms with Gasteiger partial charge in [0.2, 0.25) is 5.91 Å². The molecule has 2 amide bonds. The highest BCUT2D eigenvalue weighted by Crippen LogP contribution is 2.36. The van der Waals surface area contributed by atoms with Crippen LogP contribution in [0, 0.1) is 18.3 Å². The van der Waals surface area contributed by atoms with E-state index in [0.717, 1.165) is 17.5 Å². The third-order valence-corrected chi connectivity index (χ3v) is 5.39. The molecule has 0 spiro atoms. The molecule has 0 saturated carbocycles. The fourth-order valence-corrected chi connectivity index (χ4v) is 3.80. The van der Waals surface area contributed by atoms with Crippen molar-refractivity contribution in [2.24, 2.45) is 0 Å². The fraction of sp³-hybridized carbons (Fsp3) is 0.190. The standard InChI is InChI=1S/C21H19N3O2S/c1-3-15-8-10-16(11-9-15)24-19(25)13-27-21(24)17(12-22)20(26)23-18-7-5-4-6-14(18)2/h4-11H,3,13H2,1-2H3,(H,23,26)/b21-17-. The van der Waals surface area contributed by atoms with Crippen LogP contribution in [-0.4, -0.2) is 17.6 Å². The van der Waals surface area contributed by atoms with Gasteiger partial charge in [-0.2, -0.15) is 5.26 Å². The van der Waals surface area contributed by atoms with Gasteiger partial charge in [-0.1, -0.05) is 49.0 Å². The van der Waals surface area contributed by atoms with Gasteiger partial charge < -0.3 is 5.32 Å². The molecule has 27 heavy (non-hydrogen) atoms. The molecule has 1 N–H and O–H groups in total. The summed E-state index contributed by atoms with van der Waals surface area (Å²) in [5, 5.41) is 12.8. The van der Waals surface area contributed by atoms with Crippen molar-refractivity contribution >= 4 is 35.0 Å². The first-order valence-electron chi connectivity index (χ1n) is 8.61. The van der Waals surface area contributed by atoms with Crippen LogP contribution in [0.4, 0.5) is 11.4 Å². The third kappa shape index (κ3) is 3.88. The van der Waals surface area contributed by atoms with Crippen LogP contribution in [0.2, 0.25) is 0 Å². The van der Waals surface area contributed by atoms with Gasteiger partial charge in [0, 0.05) is 11.4 Å². The minimum absolute atomic E-state index is 0.0614. The summed E-state index contributed by atoms with van der Waals surface area (Å²) < 4.78 is 0. The largest absolute Gasteiger partial charge is 0.321 e. The van der Waals surface area contributed by atoms with Gasteiger partial charge in [-0.05, 0) is 42.7 Å². The van der Waals surface area contributed by atoms with Gasteiger partial charge in [0.1, 0.15) is 16.7 Å². The van der Waals surface area contributed by atoms with Crippen LogP contribution in [0.3, 0.4) is 0 Å². The molecular formula is C21H19N3O2S. The Morgan fingerprint density at radius 3 is 2.56 bits per heavy atom. The molecule has 0 aliphatic carbocycles. The second-order valence-corrected chi connectivity index (χ2v) is 7.06. The lowest BCUT2D eigenvalue weighted by molar-refractivity contribution is -0.115. The number of carbonyl (C=O) groups excluding carboxylic acids is 2. The zero-order valence-electron chi connectivity index (χ0n) is 15.2. The maximum absolute atomic E-state index is 12.7. The van der Waals surface area contributed by atoms with E-state index < -0.39 is 5.91 Å². The lowest BCUT2D eigenvalue weighted by Gasteiger charge is -2.19. The van der Waals surface area contributed by atoms with Crippen molar-refractivity contribution in [2.75, 3.05) is 16.0 Å². The molecule has 136 valence electrons. The Kier molecular flexibility index (Phi) is 5.63. The summed E-state index contributed by atoms with van der Waals surface area (Å²) in [5.74, 6) is -0.455. The molecule has 0 atom stereocenters. The lowest BCUT2D eigenvalue weighted by Crippen LogP contribution is -2.27. The van der Waals surface area contributed by atoms with Crippen molar-refractivity contribution in [1.29, 1.82) is 5.26 Å². The number of hydrogen-bond donors (Lipinski definition) is 1. The molecule has 2 aromatic rings. The molecule has 5 nitrogen and oxygen atoms in total. The molecule has 0 unspecified atom stereocenters. The summed E-state index contributed by atoms with van der Waals surface area (Å²) >= 11 is 1.21. The van der Waals surface area contributed by atoms with Gasteiger partial charge in [-0.25, -0.2) is 0 Å². The number of nitriles is 1. The number of nitrogens with one attached hydrogen (secondary N) is 1. The van der Waals surface area contributed by atoms with Crippen molar-refractivity contribution in [1.82, 2.24) is 0 Å². The number of amides is 2. The Morgan fingerprint density at radius 2 is 1.93 bits per heavy atom. The zero-order valence-corrected chi connectivity index (χ0v) is 16.0. The first-order valence-corrected chi connectivity index (χ1v) is 9.59. The predicted octanol–water partition coefficient (Wildman–Crippen LogP) is 4.01. The quantitative estimate of drug-likeness (QED) is 0.645. The fourth-order valence-electron chi connectivity index (χ4n) is 2.79. The predicted molar refractivity (Wildman–Crippen MR) is 108 cm³/mol. The topological polar surface area (TPSA) is 73.2 Å². The highest BCUT2D eigenvalue weighted by atomic mass is 32.2. The van der Waals surface area contributed by atoms with E-state index in [4.69, 9.17) is 0 Å². The van der Waals surface area contributed by atoms with Gasteiger partial charge in [-0.3, -0.25) is 14.5 Å². The molecule has 1 saturated heterocycles. The maximum atomic E-state index is 12.7.